The molecule has 1 saturated heterocycles. The summed E-state index contributed by atoms with van der Waals surface area (Å²) in [4.78, 5) is 14.4. The molecular weight excluding hydrogens is 380 g/mol. The summed E-state index contributed by atoms with van der Waals surface area (Å²) in [5, 5.41) is 4.43. The number of anilines is 1. The number of nitrogens with zero attached hydrogens (tertiary/aromatic N) is 1. The largest absolute Gasteiger partial charge is 0.497 e. The van der Waals surface area contributed by atoms with Gasteiger partial charge in [0.2, 0.25) is 0 Å². The average molecular weight is 408 g/mol. The van der Waals surface area contributed by atoms with Crippen LogP contribution in [0.2, 0.25) is 0 Å². The van der Waals surface area contributed by atoms with Crippen molar-refractivity contribution in [2.24, 2.45) is 0 Å². The fourth-order valence-corrected chi connectivity index (χ4v) is 3.96. The number of hydrogen-bond donors (Lipinski definition) is 1. The minimum absolute atomic E-state index is 0.317. The third kappa shape index (κ3) is 4.76. The summed E-state index contributed by atoms with van der Waals surface area (Å²) in [6.07, 6.45) is 2.03. The van der Waals surface area contributed by atoms with E-state index in [-0.39, 0.29) is 5.63 Å². The normalized spacial score (nSPS) is 15.3. The van der Waals surface area contributed by atoms with Gasteiger partial charge in [-0.25, -0.2) is 4.79 Å². The molecule has 4 rings (SSSR count). The summed E-state index contributed by atoms with van der Waals surface area (Å²) in [6.45, 7) is 5.63. The molecule has 0 atom stereocenters. The zero-order valence-corrected chi connectivity index (χ0v) is 17.5. The second-order valence-electron chi connectivity index (χ2n) is 7.61. The Morgan fingerprint density at radius 3 is 2.50 bits per heavy atom. The minimum atomic E-state index is -0.344. The van der Waals surface area contributed by atoms with Crippen LogP contribution in [0.15, 0.2) is 57.7 Å². The molecule has 0 bridgehead atoms. The van der Waals surface area contributed by atoms with E-state index in [4.69, 9.17) is 13.9 Å². The Balaban J connectivity index is 1.38. The topological polar surface area (TPSA) is 63.9 Å². The van der Waals surface area contributed by atoms with Gasteiger partial charge in [-0.05, 0) is 55.7 Å². The minimum Gasteiger partial charge on any atom is -0.497 e. The van der Waals surface area contributed by atoms with Crippen LogP contribution in [-0.2, 0) is 6.54 Å². The standard InChI is InChI=1S/C24H28N2O4/c1-3-29-19-6-4-17(5-7-19)16-26-12-10-18(11-13-26)25-22-15-24(27)30-23-9-8-20(28-2)14-21(22)23/h4-9,14-15,18,25H,3,10-13,16H2,1-2H3. The fourth-order valence-electron chi connectivity index (χ4n) is 3.96. The predicted molar refractivity (Wildman–Crippen MR) is 119 cm³/mol. The average Bonchev–Trinajstić information content (AvgIpc) is 2.76. The first-order valence-electron chi connectivity index (χ1n) is 10.5. The van der Waals surface area contributed by atoms with Gasteiger partial charge < -0.3 is 19.2 Å². The quantitative estimate of drug-likeness (QED) is 0.589. The van der Waals surface area contributed by atoms with Crippen molar-refractivity contribution in [2.75, 3.05) is 32.1 Å². The van der Waals surface area contributed by atoms with E-state index in [1.165, 1.54) is 11.6 Å². The Bertz CT molecular complexity index is 1040. The van der Waals surface area contributed by atoms with Crippen LogP contribution in [0.3, 0.4) is 0 Å². The van der Waals surface area contributed by atoms with Gasteiger partial charge in [0, 0.05) is 37.1 Å². The third-order valence-corrected chi connectivity index (χ3v) is 5.54. The number of ether oxygens (including phenoxy) is 2. The predicted octanol–water partition coefficient (Wildman–Crippen LogP) is 4.28. The van der Waals surface area contributed by atoms with Crippen molar-refractivity contribution in [3.05, 3.63) is 64.5 Å². The Morgan fingerprint density at radius 1 is 1.07 bits per heavy atom. The van der Waals surface area contributed by atoms with Gasteiger partial charge in [-0.3, -0.25) is 4.90 Å². The summed E-state index contributed by atoms with van der Waals surface area (Å²) in [7, 11) is 1.63. The van der Waals surface area contributed by atoms with Crippen molar-refractivity contribution in [1.82, 2.24) is 4.90 Å². The molecule has 6 heteroatoms. The highest BCUT2D eigenvalue weighted by atomic mass is 16.5. The molecule has 1 aromatic heterocycles. The molecule has 0 spiro atoms. The highest BCUT2D eigenvalue weighted by Gasteiger charge is 2.20. The van der Waals surface area contributed by atoms with Crippen LogP contribution in [0.25, 0.3) is 11.0 Å². The molecule has 6 nitrogen and oxygen atoms in total. The van der Waals surface area contributed by atoms with Crippen LogP contribution in [0, 0.1) is 0 Å². The Kier molecular flexibility index (Phi) is 6.23. The Hall–Kier alpha value is -2.99. The summed E-state index contributed by atoms with van der Waals surface area (Å²) in [5.74, 6) is 1.66. The van der Waals surface area contributed by atoms with Crippen LogP contribution >= 0.6 is 0 Å². The lowest BCUT2D eigenvalue weighted by atomic mass is 10.0. The molecular formula is C24H28N2O4. The number of likely N-dealkylation sites (tertiary alicyclic amines) is 1. The molecule has 2 heterocycles. The van der Waals surface area contributed by atoms with E-state index in [1.54, 1.807) is 19.2 Å². The summed E-state index contributed by atoms with van der Waals surface area (Å²) in [6, 6.07) is 15.7. The molecule has 2 aromatic carbocycles. The molecule has 1 fully saturated rings. The highest BCUT2D eigenvalue weighted by Crippen LogP contribution is 2.28. The van der Waals surface area contributed by atoms with Gasteiger partial charge in [0.25, 0.3) is 0 Å². The van der Waals surface area contributed by atoms with Crippen molar-refractivity contribution in [3.63, 3.8) is 0 Å². The Morgan fingerprint density at radius 2 is 1.80 bits per heavy atom. The lowest BCUT2D eigenvalue weighted by Gasteiger charge is -2.33. The smallest absolute Gasteiger partial charge is 0.338 e. The van der Waals surface area contributed by atoms with Crippen molar-refractivity contribution < 1.29 is 13.9 Å². The third-order valence-electron chi connectivity index (χ3n) is 5.54. The Labute approximate surface area is 176 Å². The van der Waals surface area contributed by atoms with Crippen LogP contribution in [-0.4, -0.2) is 37.7 Å². The first-order valence-corrected chi connectivity index (χ1v) is 10.5. The fraction of sp³-hybridized carbons (Fsp3) is 0.375. The lowest BCUT2D eigenvalue weighted by Crippen LogP contribution is -2.38. The number of benzene rings is 2. The van der Waals surface area contributed by atoms with E-state index in [0.717, 1.165) is 55.0 Å². The molecule has 3 aromatic rings. The van der Waals surface area contributed by atoms with Crippen LogP contribution < -0.4 is 20.4 Å². The van der Waals surface area contributed by atoms with E-state index in [2.05, 4.69) is 22.3 Å². The van der Waals surface area contributed by atoms with E-state index in [9.17, 15) is 4.79 Å². The molecule has 1 N–H and O–H groups in total. The maximum atomic E-state index is 12.0. The number of nitrogens with one attached hydrogen (secondary N) is 1. The number of methoxy groups -OCH3 is 1. The van der Waals surface area contributed by atoms with Gasteiger partial charge in [0.05, 0.1) is 19.4 Å². The SMILES string of the molecule is CCOc1ccc(CN2CCC(Nc3cc(=O)oc4ccc(OC)cc34)CC2)cc1. The summed E-state index contributed by atoms with van der Waals surface area (Å²) >= 11 is 0. The molecule has 1 aliphatic heterocycles. The molecule has 30 heavy (non-hydrogen) atoms. The van der Waals surface area contributed by atoms with Gasteiger partial charge >= 0.3 is 5.63 Å². The molecule has 0 unspecified atom stereocenters. The first kappa shape index (κ1) is 20.3. The number of hydrogen-bond acceptors (Lipinski definition) is 6. The summed E-state index contributed by atoms with van der Waals surface area (Å²) in [5.41, 5.74) is 2.33. The van der Waals surface area contributed by atoms with Crippen molar-refractivity contribution in [3.8, 4) is 11.5 Å². The molecule has 0 saturated carbocycles. The van der Waals surface area contributed by atoms with Crippen LogP contribution in [0.1, 0.15) is 25.3 Å². The van der Waals surface area contributed by atoms with E-state index in [0.29, 0.717) is 18.2 Å². The van der Waals surface area contributed by atoms with Gasteiger partial charge in [-0.15, -0.1) is 0 Å². The summed E-state index contributed by atoms with van der Waals surface area (Å²) < 4.78 is 16.2. The van der Waals surface area contributed by atoms with E-state index < -0.39 is 0 Å². The molecule has 158 valence electrons. The molecule has 0 radical (unpaired) electrons. The monoisotopic (exact) mass is 408 g/mol. The second-order valence-corrected chi connectivity index (χ2v) is 7.61. The van der Waals surface area contributed by atoms with Crippen LogP contribution in [0.5, 0.6) is 11.5 Å². The lowest BCUT2D eigenvalue weighted by molar-refractivity contribution is 0.211. The number of fused-ring (bicyclic) bond motifs is 1. The van der Waals surface area contributed by atoms with Gasteiger partial charge in [-0.2, -0.15) is 0 Å². The number of rotatable bonds is 7. The van der Waals surface area contributed by atoms with Gasteiger partial charge in [0.15, 0.2) is 0 Å². The zero-order chi connectivity index (χ0) is 20.9. The molecule has 0 amide bonds. The molecule has 1 aliphatic rings. The maximum Gasteiger partial charge on any atom is 0.338 e. The van der Waals surface area contributed by atoms with Crippen molar-refractivity contribution in [1.29, 1.82) is 0 Å². The van der Waals surface area contributed by atoms with Gasteiger partial charge in [0.1, 0.15) is 17.1 Å². The van der Waals surface area contributed by atoms with Gasteiger partial charge in [-0.1, -0.05) is 12.1 Å². The zero-order valence-electron chi connectivity index (χ0n) is 17.5. The van der Waals surface area contributed by atoms with E-state index in [1.807, 2.05) is 25.1 Å². The van der Waals surface area contributed by atoms with Crippen molar-refractivity contribution >= 4 is 16.7 Å². The second kappa shape index (κ2) is 9.22. The van der Waals surface area contributed by atoms with Crippen LogP contribution in [0.4, 0.5) is 5.69 Å². The number of piperidine rings is 1. The highest BCUT2D eigenvalue weighted by molar-refractivity contribution is 5.90. The van der Waals surface area contributed by atoms with Crippen molar-refractivity contribution in [2.45, 2.75) is 32.4 Å². The van der Waals surface area contributed by atoms with E-state index >= 15 is 0 Å². The maximum absolute atomic E-state index is 12.0. The molecule has 0 aliphatic carbocycles. The first-order chi connectivity index (χ1) is 14.6.